The van der Waals surface area contributed by atoms with E-state index in [1.807, 2.05) is 84.9 Å². The van der Waals surface area contributed by atoms with Crippen LogP contribution in [0.2, 0.25) is 0 Å². The van der Waals surface area contributed by atoms with Gasteiger partial charge in [0.25, 0.3) is 0 Å². The van der Waals surface area contributed by atoms with E-state index in [4.69, 9.17) is 28.5 Å². The Morgan fingerprint density at radius 2 is 1.58 bits per heavy atom. The van der Waals surface area contributed by atoms with Crippen molar-refractivity contribution in [3.05, 3.63) is 113 Å². The molecule has 4 heterocycles. The van der Waals surface area contributed by atoms with Crippen molar-refractivity contribution in [3.8, 4) is 0 Å². The summed E-state index contributed by atoms with van der Waals surface area (Å²) in [5.74, 6) is -3.83. The van der Waals surface area contributed by atoms with E-state index >= 15 is 4.79 Å². The number of aliphatic hydroxyl groups is 2. The van der Waals surface area contributed by atoms with Crippen molar-refractivity contribution in [1.29, 1.82) is 0 Å². The lowest BCUT2D eigenvalue weighted by molar-refractivity contribution is -0.213. The van der Waals surface area contributed by atoms with Crippen LogP contribution in [-0.2, 0) is 60.0 Å². The van der Waals surface area contributed by atoms with Crippen LogP contribution in [0.4, 0.5) is 0 Å². The lowest BCUT2D eigenvalue weighted by Gasteiger charge is -2.49. The molecule has 6 fully saturated rings. The Morgan fingerprint density at radius 3 is 2.25 bits per heavy atom. The van der Waals surface area contributed by atoms with E-state index in [9.17, 15) is 24.6 Å². The number of epoxide rings is 1. The fourth-order valence-electron chi connectivity index (χ4n) is 10.4. The number of hydroxylamine groups is 2. The molecular weight excluding hydrogens is 835 g/mol. The molecule has 2 bridgehead atoms. The van der Waals surface area contributed by atoms with Crippen LogP contribution in [0.5, 0.6) is 0 Å². The van der Waals surface area contributed by atoms with Crippen LogP contribution >= 0.6 is 0 Å². The van der Waals surface area contributed by atoms with Crippen LogP contribution in [0.1, 0.15) is 88.5 Å². The van der Waals surface area contributed by atoms with Gasteiger partial charge in [-0.25, -0.2) is 0 Å². The summed E-state index contributed by atoms with van der Waals surface area (Å²) < 4.78 is 31.5. The third-order valence-corrected chi connectivity index (χ3v) is 13.6. The van der Waals surface area contributed by atoms with Crippen LogP contribution in [0.3, 0.4) is 0 Å². The van der Waals surface area contributed by atoms with Gasteiger partial charge in [-0.15, -0.1) is 0 Å². The summed E-state index contributed by atoms with van der Waals surface area (Å²) in [6.07, 6.45) is 2.62. The average Bonchev–Trinajstić information content (AvgIpc) is 3.81. The Balaban J connectivity index is 1.04. The molecule has 3 unspecified atom stereocenters. The van der Waals surface area contributed by atoms with Crippen molar-refractivity contribution in [2.24, 2.45) is 11.3 Å². The molecule has 2 aliphatic carbocycles. The molecule has 0 radical (unpaired) electrons. The minimum atomic E-state index is -1.71. The molecule has 0 aromatic heterocycles. The maximum atomic E-state index is 15.4. The first-order valence-corrected chi connectivity index (χ1v) is 22.8. The zero-order valence-electron chi connectivity index (χ0n) is 37.2. The minimum Gasteiger partial charge on any atom is -0.460 e. The second-order valence-electron chi connectivity index (χ2n) is 19.3. The number of fused-ring (bicyclic) bond motifs is 5. The van der Waals surface area contributed by atoms with E-state index in [0.29, 0.717) is 29.3 Å². The first-order valence-electron chi connectivity index (χ1n) is 22.8. The molecule has 6 aliphatic rings. The lowest BCUT2D eigenvalue weighted by atomic mass is 9.62. The van der Waals surface area contributed by atoms with Crippen molar-refractivity contribution in [3.63, 3.8) is 0 Å². The summed E-state index contributed by atoms with van der Waals surface area (Å²) in [4.78, 5) is 63.4. The van der Waals surface area contributed by atoms with Crippen molar-refractivity contribution >= 4 is 29.8 Å². The fourth-order valence-corrected chi connectivity index (χ4v) is 10.4. The molecule has 3 aromatic rings. The van der Waals surface area contributed by atoms with Crippen molar-refractivity contribution in [2.45, 2.75) is 145 Å². The van der Waals surface area contributed by atoms with Gasteiger partial charge in [-0.3, -0.25) is 24.0 Å². The summed E-state index contributed by atoms with van der Waals surface area (Å²) in [6, 6.07) is 22.9. The summed E-state index contributed by atoms with van der Waals surface area (Å²) in [5, 5.41) is 28.3. The Labute approximate surface area is 378 Å². The highest BCUT2D eigenvalue weighted by atomic mass is 16.8. The molecule has 346 valence electrons. The maximum absolute atomic E-state index is 15.4. The molecule has 2 saturated carbocycles. The quantitative estimate of drug-likeness (QED) is 0.125. The molecule has 4 aliphatic heterocycles. The standard InChI is InChI=1S/C50H59N3O12/c1-29(55)40(45(57)51-35(28-54)22-24-39(56)62-48(2,3)4)52-47(59)49-26-38-41-42(64-50(63-41,33-15-7-5-8-16-33)34-17-9-6-10-18-34)44(49)65-53(43(49)46(58)61-38)27-32-14-12-11-13-31(32)21-19-30-20-23-36-37(25-30)60-36/h5-19,21,29-30,35-38,40-44,54-55H,20,22-28H2,1-4H3,(H,51,57)(H,52,59)/t29-,30?,35-,36?,37?,38+,40+,41-,42-,43-,44+,49-/m0/s1. The number of esters is 2. The number of carbonyl (C=O) groups excluding carboxylic acids is 4. The Hall–Kier alpha value is -5.00. The predicted octanol–water partition coefficient (Wildman–Crippen LogP) is 4.22. The number of nitrogens with zero attached hydrogens (tertiary/aromatic N) is 1. The number of hydrogen-bond acceptors (Lipinski definition) is 13. The monoisotopic (exact) mass is 893 g/mol. The Morgan fingerprint density at radius 1 is 0.908 bits per heavy atom. The van der Waals surface area contributed by atoms with Crippen molar-refractivity contribution in [1.82, 2.24) is 15.7 Å². The third kappa shape index (κ3) is 8.87. The number of aliphatic hydroxyl groups excluding tert-OH is 2. The number of rotatable bonds is 15. The second-order valence-corrected chi connectivity index (χ2v) is 19.3. The smallest absolute Gasteiger partial charge is 0.327 e. The van der Waals surface area contributed by atoms with E-state index in [1.54, 1.807) is 20.8 Å². The van der Waals surface area contributed by atoms with Gasteiger partial charge in [-0.2, -0.15) is 5.06 Å². The van der Waals surface area contributed by atoms with Gasteiger partial charge in [0.2, 0.25) is 17.6 Å². The first kappa shape index (κ1) is 45.2. The van der Waals surface area contributed by atoms with E-state index in [0.717, 1.165) is 30.4 Å². The van der Waals surface area contributed by atoms with Crippen LogP contribution in [0.15, 0.2) is 91.0 Å². The molecule has 4 saturated heterocycles. The summed E-state index contributed by atoms with van der Waals surface area (Å²) in [7, 11) is 0. The van der Waals surface area contributed by atoms with Crippen LogP contribution in [-0.4, -0.2) is 112 Å². The van der Waals surface area contributed by atoms with E-state index in [2.05, 4.69) is 22.8 Å². The number of carbonyl (C=O) groups is 4. The Bertz CT molecular complexity index is 2230. The number of benzene rings is 3. The summed E-state index contributed by atoms with van der Waals surface area (Å²) in [5.41, 5.74) is 0.711. The van der Waals surface area contributed by atoms with Crippen LogP contribution in [0.25, 0.3) is 6.08 Å². The largest absolute Gasteiger partial charge is 0.460 e. The molecule has 4 N–H and O–H groups in total. The van der Waals surface area contributed by atoms with E-state index in [1.165, 1.54) is 12.0 Å². The van der Waals surface area contributed by atoms with Gasteiger partial charge in [-0.05, 0) is 70.4 Å². The highest BCUT2D eigenvalue weighted by molar-refractivity contribution is 5.96. The van der Waals surface area contributed by atoms with Gasteiger partial charge >= 0.3 is 11.9 Å². The SMILES string of the molecule is C[C@H](O)[C@@H](NC(=O)[C@@]12C[C@H]3OC(=O)[C@@H]1N(Cc1ccccc1C=CC1CCC4OC4C1)O[C@@H]2[C@H]1OC(c2ccccc2)(c2ccccc2)O[C@H]13)C(=O)N[C@H](CO)CCC(=O)OC(C)(C)C. The third-order valence-electron chi connectivity index (χ3n) is 13.6. The number of allylic oxidation sites excluding steroid dienone is 1. The molecule has 12 atom stereocenters. The van der Waals surface area contributed by atoms with Gasteiger partial charge in [0.15, 0.2) is 6.04 Å². The normalized spacial score (nSPS) is 31.2. The number of hydrogen-bond donors (Lipinski definition) is 4. The highest BCUT2D eigenvalue weighted by Crippen LogP contribution is 2.59. The van der Waals surface area contributed by atoms with Crippen molar-refractivity contribution < 1.29 is 57.9 Å². The van der Waals surface area contributed by atoms with Gasteiger partial charge in [0.1, 0.15) is 41.5 Å². The number of nitrogens with one attached hydrogen (secondary N) is 2. The molecule has 9 rings (SSSR count). The minimum absolute atomic E-state index is 0.0414. The number of amides is 2. The number of ether oxygens (including phenoxy) is 5. The molecule has 65 heavy (non-hydrogen) atoms. The van der Waals surface area contributed by atoms with E-state index < -0.39 is 95.8 Å². The first-order chi connectivity index (χ1) is 31.2. The maximum Gasteiger partial charge on any atom is 0.327 e. The van der Waals surface area contributed by atoms with Gasteiger partial charge in [0.05, 0.1) is 37.5 Å². The van der Waals surface area contributed by atoms with Crippen molar-refractivity contribution in [2.75, 3.05) is 6.61 Å². The highest BCUT2D eigenvalue weighted by Gasteiger charge is 2.77. The topological polar surface area (TPSA) is 195 Å². The summed E-state index contributed by atoms with van der Waals surface area (Å²) in [6.45, 7) is 6.15. The molecule has 3 aromatic carbocycles. The zero-order chi connectivity index (χ0) is 45.7. The molecule has 15 nitrogen and oxygen atoms in total. The van der Waals surface area contributed by atoms with E-state index in [-0.39, 0.29) is 25.8 Å². The zero-order valence-corrected chi connectivity index (χ0v) is 37.2. The average molecular weight is 894 g/mol. The lowest BCUT2D eigenvalue weighted by Crippen LogP contribution is -2.71. The van der Waals surface area contributed by atoms with Gasteiger partial charge < -0.3 is 44.5 Å². The summed E-state index contributed by atoms with van der Waals surface area (Å²) >= 11 is 0. The molecule has 15 heteroatoms. The molecule has 2 amide bonds. The molecular formula is C50H59N3O12. The predicted molar refractivity (Wildman–Crippen MR) is 234 cm³/mol. The molecule has 0 spiro atoms. The fraction of sp³-hybridized carbons (Fsp3) is 0.520. The van der Waals surface area contributed by atoms with Crippen LogP contribution in [0, 0.1) is 11.3 Å². The van der Waals surface area contributed by atoms with Crippen LogP contribution < -0.4 is 10.6 Å². The Kier molecular flexibility index (Phi) is 12.5. The second kappa shape index (κ2) is 18.0. The van der Waals surface area contributed by atoms with Gasteiger partial charge in [-0.1, -0.05) is 97.1 Å². The van der Waals surface area contributed by atoms with Gasteiger partial charge in [0, 0.05) is 24.0 Å².